The molecule has 3 nitrogen and oxygen atoms in total. The standard InChI is InChI=1S/C13H17NO2/c1-3-4-5-10-6-7-12-11(8-10)14(2)13(15)9-16-12/h6-8H,3-5,9H2,1-2H3. The van der Waals surface area contributed by atoms with Crippen LogP contribution in [0.3, 0.4) is 0 Å². The molecule has 0 aliphatic carbocycles. The van der Waals surface area contributed by atoms with Gasteiger partial charge >= 0.3 is 0 Å². The SMILES string of the molecule is CCCCc1ccc2c(c1)N(C)C(=O)CO2. The van der Waals surface area contributed by atoms with Crippen LogP contribution < -0.4 is 9.64 Å². The van der Waals surface area contributed by atoms with Crippen molar-refractivity contribution in [2.24, 2.45) is 0 Å². The molecule has 3 heteroatoms. The van der Waals surface area contributed by atoms with Crippen LogP contribution in [0.5, 0.6) is 5.75 Å². The topological polar surface area (TPSA) is 29.5 Å². The molecule has 86 valence electrons. The molecular weight excluding hydrogens is 202 g/mol. The van der Waals surface area contributed by atoms with E-state index >= 15 is 0 Å². The largest absolute Gasteiger partial charge is 0.482 e. The van der Waals surface area contributed by atoms with Crippen LogP contribution in [-0.4, -0.2) is 19.6 Å². The van der Waals surface area contributed by atoms with Crippen molar-refractivity contribution < 1.29 is 9.53 Å². The van der Waals surface area contributed by atoms with E-state index in [-0.39, 0.29) is 12.5 Å². The number of carbonyl (C=O) groups excluding carboxylic acids is 1. The van der Waals surface area contributed by atoms with Gasteiger partial charge in [-0.05, 0) is 30.5 Å². The fourth-order valence-electron chi connectivity index (χ4n) is 1.85. The van der Waals surface area contributed by atoms with Gasteiger partial charge in [-0.15, -0.1) is 0 Å². The zero-order valence-electron chi connectivity index (χ0n) is 9.82. The average molecular weight is 219 g/mol. The summed E-state index contributed by atoms with van der Waals surface area (Å²) in [6, 6.07) is 6.10. The van der Waals surface area contributed by atoms with Crippen LogP contribution in [0.25, 0.3) is 0 Å². The first-order valence-electron chi connectivity index (χ1n) is 5.74. The number of hydrogen-bond donors (Lipinski definition) is 0. The Hall–Kier alpha value is -1.51. The third-order valence-electron chi connectivity index (χ3n) is 2.93. The molecule has 0 spiro atoms. The molecule has 0 atom stereocenters. The zero-order chi connectivity index (χ0) is 11.5. The van der Waals surface area contributed by atoms with Gasteiger partial charge in [-0.1, -0.05) is 19.4 Å². The van der Waals surface area contributed by atoms with Crippen LogP contribution in [-0.2, 0) is 11.2 Å². The Morgan fingerprint density at radius 3 is 3.00 bits per heavy atom. The molecule has 1 aromatic carbocycles. The van der Waals surface area contributed by atoms with Gasteiger partial charge in [-0.3, -0.25) is 4.79 Å². The maximum Gasteiger partial charge on any atom is 0.264 e. The van der Waals surface area contributed by atoms with Gasteiger partial charge in [-0.25, -0.2) is 0 Å². The normalized spacial score (nSPS) is 14.6. The van der Waals surface area contributed by atoms with E-state index in [0.29, 0.717) is 0 Å². The number of carbonyl (C=O) groups is 1. The van der Waals surface area contributed by atoms with E-state index in [1.807, 2.05) is 6.07 Å². The fraction of sp³-hybridized carbons (Fsp3) is 0.462. The Morgan fingerprint density at radius 2 is 2.25 bits per heavy atom. The van der Waals surface area contributed by atoms with Crippen molar-refractivity contribution in [3.05, 3.63) is 23.8 Å². The lowest BCUT2D eigenvalue weighted by Gasteiger charge is -2.26. The molecule has 0 saturated heterocycles. The van der Waals surface area contributed by atoms with Crippen molar-refractivity contribution in [2.45, 2.75) is 26.2 Å². The summed E-state index contributed by atoms with van der Waals surface area (Å²) in [5.41, 5.74) is 2.16. The van der Waals surface area contributed by atoms with Crippen LogP contribution in [0.4, 0.5) is 5.69 Å². The minimum atomic E-state index is 0.0140. The molecule has 1 aliphatic rings. The lowest BCUT2D eigenvalue weighted by atomic mass is 10.1. The highest BCUT2D eigenvalue weighted by molar-refractivity contribution is 5.97. The van der Waals surface area contributed by atoms with Crippen molar-refractivity contribution >= 4 is 11.6 Å². The maximum atomic E-state index is 11.5. The molecule has 0 unspecified atom stereocenters. The molecule has 0 radical (unpaired) electrons. The van der Waals surface area contributed by atoms with E-state index in [4.69, 9.17) is 4.74 Å². The summed E-state index contributed by atoms with van der Waals surface area (Å²) < 4.78 is 5.37. The molecule has 1 aromatic rings. The highest BCUT2D eigenvalue weighted by Crippen LogP contribution is 2.32. The molecule has 1 amide bonds. The second-order valence-electron chi connectivity index (χ2n) is 4.15. The van der Waals surface area contributed by atoms with Gasteiger partial charge in [0.1, 0.15) is 5.75 Å². The number of rotatable bonds is 3. The van der Waals surface area contributed by atoms with Crippen molar-refractivity contribution in [3.63, 3.8) is 0 Å². The minimum absolute atomic E-state index is 0.0140. The number of anilines is 1. The minimum Gasteiger partial charge on any atom is -0.482 e. The first-order valence-corrected chi connectivity index (χ1v) is 5.74. The number of aryl methyl sites for hydroxylation is 1. The third kappa shape index (κ3) is 2.03. The molecular formula is C13H17NO2. The molecule has 1 aliphatic heterocycles. The van der Waals surface area contributed by atoms with E-state index in [1.54, 1.807) is 11.9 Å². The smallest absolute Gasteiger partial charge is 0.264 e. The number of amides is 1. The molecule has 16 heavy (non-hydrogen) atoms. The molecule has 0 bridgehead atoms. The van der Waals surface area contributed by atoms with Gasteiger partial charge in [0.2, 0.25) is 0 Å². The van der Waals surface area contributed by atoms with Crippen LogP contribution in [0.15, 0.2) is 18.2 Å². The summed E-state index contributed by atoms with van der Waals surface area (Å²) in [6.45, 7) is 2.33. The molecule has 2 rings (SSSR count). The van der Waals surface area contributed by atoms with Gasteiger partial charge in [0.15, 0.2) is 6.61 Å². The molecule has 0 saturated carbocycles. The average Bonchev–Trinajstić information content (AvgIpc) is 2.31. The Balaban J connectivity index is 2.25. The van der Waals surface area contributed by atoms with Gasteiger partial charge < -0.3 is 9.64 Å². The quantitative estimate of drug-likeness (QED) is 0.781. The lowest BCUT2D eigenvalue weighted by molar-refractivity contribution is -0.120. The second kappa shape index (κ2) is 4.56. The van der Waals surface area contributed by atoms with E-state index in [9.17, 15) is 4.79 Å². The van der Waals surface area contributed by atoms with E-state index in [2.05, 4.69) is 19.1 Å². The fourth-order valence-corrected chi connectivity index (χ4v) is 1.85. The number of benzene rings is 1. The number of fused-ring (bicyclic) bond motifs is 1. The summed E-state index contributed by atoms with van der Waals surface area (Å²) >= 11 is 0. The Labute approximate surface area is 96.0 Å². The molecule has 0 fully saturated rings. The number of unbranched alkanes of at least 4 members (excludes halogenated alkanes) is 1. The van der Waals surface area contributed by atoms with Crippen molar-refractivity contribution in [3.8, 4) is 5.75 Å². The number of likely N-dealkylation sites (N-methyl/N-ethyl adjacent to an activating group) is 1. The highest BCUT2D eigenvalue weighted by atomic mass is 16.5. The second-order valence-corrected chi connectivity index (χ2v) is 4.15. The maximum absolute atomic E-state index is 11.5. The van der Waals surface area contributed by atoms with Gasteiger partial charge in [-0.2, -0.15) is 0 Å². The van der Waals surface area contributed by atoms with Gasteiger partial charge in [0, 0.05) is 7.05 Å². The van der Waals surface area contributed by atoms with E-state index in [0.717, 1.165) is 17.9 Å². The zero-order valence-corrected chi connectivity index (χ0v) is 9.82. The van der Waals surface area contributed by atoms with Crippen LogP contribution >= 0.6 is 0 Å². The monoisotopic (exact) mass is 219 g/mol. The molecule has 1 heterocycles. The van der Waals surface area contributed by atoms with E-state index < -0.39 is 0 Å². The Kier molecular flexibility index (Phi) is 3.13. The van der Waals surface area contributed by atoms with Crippen molar-refractivity contribution in [1.82, 2.24) is 0 Å². The summed E-state index contributed by atoms with van der Waals surface area (Å²) in [6.07, 6.45) is 3.42. The summed E-state index contributed by atoms with van der Waals surface area (Å²) in [7, 11) is 1.80. The third-order valence-corrected chi connectivity index (χ3v) is 2.93. The Bertz CT molecular complexity index is 401. The van der Waals surface area contributed by atoms with Gasteiger partial charge in [0.25, 0.3) is 5.91 Å². The van der Waals surface area contributed by atoms with Crippen LogP contribution in [0.1, 0.15) is 25.3 Å². The summed E-state index contributed by atoms with van der Waals surface area (Å²) in [5, 5.41) is 0. The number of nitrogens with zero attached hydrogens (tertiary/aromatic N) is 1. The molecule has 0 aromatic heterocycles. The highest BCUT2D eigenvalue weighted by Gasteiger charge is 2.21. The van der Waals surface area contributed by atoms with Crippen LogP contribution in [0.2, 0.25) is 0 Å². The van der Waals surface area contributed by atoms with Gasteiger partial charge in [0.05, 0.1) is 5.69 Å². The number of hydrogen-bond acceptors (Lipinski definition) is 2. The molecule has 0 N–H and O–H groups in total. The summed E-state index contributed by atoms with van der Waals surface area (Å²) in [4.78, 5) is 13.2. The number of ether oxygens (including phenoxy) is 1. The van der Waals surface area contributed by atoms with Crippen molar-refractivity contribution in [1.29, 1.82) is 0 Å². The first kappa shape index (κ1) is 11.0. The predicted octanol–water partition coefficient (Wildman–Crippen LogP) is 2.38. The predicted molar refractivity (Wildman–Crippen MR) is 64.0 cm³/mol. The summed E-state index contributed by atoms with van der Waals surface area (Å²) in [5.74, 6) is 0.822. The van der Waals surface area contributed by atoms with E-state index in [1.165, 1.54) is 18.4 Å². The van der Waals surface area contributed by atoms with Crippen LogP contribution in [0, 0.1) is 0 Å². The first-order chi connectivity index (χ1) is 7.72. The van der Waals surface area contributed by atoms with Crippen molar-refractivity contribution in [2.75, 3.05) is 18.6 Å². The Morgan fingerprint density at radius 1 is 1.44 bits per heavy atom. The lowest BCUT2D eigenvalue weighted by Crippen LogP contribution is -2.35.